The number of nitrogens with zero attached hydrogens (tertiary/aromatic N) is 5. The molecule has 3 heterocycles. The number of piperazine rings is 1. The maximum absolute atomic E-state index is 14.5. The van der Waals surface area contributed by atoms with E-state index in [-0.39, 0.29) is 11.8 Å². The van der Waals surface area contributed by atoms with Crippen LogP contribution in [0.4, 0.5) is 4.79 Å². The number of urea groups is 1. The average molecular weight is 631 g/mol. The summed E-state index contributed by atoms with van der Waals surface area (Å²) in [5.74, 6) is 0.955. The first-order chi connectivity index (χ1) is 20.1. The average Bonchev–Trinajstić information content (AvgIpc) is 3.37. The Labute approximate surface area is 256 Å². The molecule has 2 amide bonds. The highest BCUT2D eigenvalue weighted by Crippen LogP contribution is 2.45. The number of rotatable bonds is 8. The fourth-order valence-corrected chi connectivity index (χ4v) is 6.12. The summed E-state index contributed by atoms with van der Waals surface area (Å²) in [5, 5.41) is 1.20. The van der Waals surface area contributed by atoms with E-state index >= 15 is 0 Å². The normalized spacial score (nSPS) is 19.6. The molecule has 12 heteroatoms. The van der Waals surface area contributed by atoms with Crippen molar-refractivity contribution in [1.29, 1.82) is 0 Å². The molecule has 3 aromatic rings. The Balaban J connectivity index is 1.55. The van der Waals surface area contributed by atoms with Gasteiger partial charge in [-0.25, -0.2) is 18.2 Å². The number of amidine groups is 1. The van der Waals surface area contributed by atoms with Crippen LogP contribution in [0.25, 0.3) is 0 Å². The van der Waals surface area contributed by atoms with Crippen molar-refractivity contribution in [1.82, 2.24) is 19.7 Å². The summed E-state index contributed by atoms with van der Waals surface area (Å²) >= 11 is 12.5. The summed E-state index contributed by atoms with van der Waals surface area (Å²) in [4.78, 5) is 29.7. The van der Waals surface area contributed by atoms with Crippen LogP contribution < -0.4 is 4.74 Å². The van der Waals surface area contributed by atoms with Crippen molar-refractivity contribution in [2.45, 2.75) is 19.0 Å². The molecule has 222 valence electrons. The zero-order valence-electron chi connectivity index (χ0n) is 23.5. The SMILES string of the molecule is CCOc1ncccc1C1=NC(c2ccc(Cl)cc2)C(c2ccc(Cl)cc2)N1C(=O)N1CCN(CCS(C)(=O)=O)CC1. The Bertz CT molecular complexity index is 1540. The van der Waals surface area contributed by atoms with Gasteiger partial charge in [-0.3, -0.25) is 14.8 Å². The van der Waals surface area contributed by atoms with Gasteiger partial charge in [0.15, 0.2) is 0 Å². The molecule has 2 aromatic carbocycles. The van der Waals surface area contributed by atoms with Gasteiger partial charge >= 0.3 is 6.03 Å². The Kier molecular flexibility index (Phi) is 9.37. The number of aliphatic imine (C=N–C) groups is 1. The number of aromatic nitrogens is 1. The third kappa shape index (κ3) is 6.89. The molecule has 1 saturated heterocycles. The lowest BCUT2D eigenvalue weighted by Gasteiger charge is -2.39. The van der Waals surface area contributed by atoms with Crippen molar-refractivity contribution in [2.24, 2.45) is 4.99 Å². The van der Waals surface area contributed by atoms with E-state index in [2.05, 4.69) is 9.88 Å². The molecule has 5 rings (SSSR count). The van der Waals surface area contributed by atoms with Gasteiger partial charge in [0, 0.05) is 55.2 Å². The van der Waals surface area contributed by atoms with Gasteiger partial charge in [-0.05, 0) is 54.4 Å². The molecule has 0 radical (unpaired) electrons. The maximum atomic E-state index is 14.5. The molecule has 2 aliphatic rings. The summed E-state index contributed by atoms with van der Waals surface area (Å²) < 4.78 is 29.2. The minimum Gasteiger partial charge on any atom is -0.477 e. The van der Waals surface area contributed by atoms with E-state index in [1.165, 1.54) is 6.26 Å². The van der Waals surface area contributed by atoms with Crippen LogP contribution in [-0.2, 0) is 9.84 Å². The Hall–Kier alpha value is -3.18. The lowest BCUT2D eigenvalue weighted by Crippen LogP contribution is -2.54. The minimum atomic E-state index is -3.07. The van der Waals surface area contributed by atoms with Gasteiger partial charge in [-0.1, -0.05) is 47.5 Å². The van der Waals surface area contributed by atoms with Crippen LogP contribution in [0.1, 0.15) is 35.7 Å². The topological polar surface area (TPSA) is 95.4 Å². The third-order valence-electron chi connectivity index (χ3n) is 7.41. The van der Waals surface area contributed by atoms with Gasteiger partial charge in [0.2, 0.25) is 5.88 Å². The Morgan fingerprint density at radius 2 is 1.57 bits per heavy atom. The summed E-state index contributed by atoms with van der Waals surface area (Å²) in [7, 11) is -3.07. The number of carbonyl (C=O) groups excluding carboxylic acids is 1. The largest absolute Gasteiger partial charge is 0.477 e. The van der Waals surface area contributed by atoms with E-state index in [1.54, 1.807) is 22.1 Å². The molecule has 1 fully saturated rings. The summed E-state index contributed by atoms with van der Waals surface area (Å²) in [6.45, 7) is 4.79. The van der Waals surface area contributed by atoms with E-state index in [4.69, 9.17) is 32.9 Å². The first-order valence-corrected chi connectivity index (χ1v) is 16.6. The molecule has 0 aliphatic carbocycles. The molecule has 42 heavy (non-hydrogen) atoms. The smallest absolute Gasteiger partial charge is 0.326 e. The summed E-state index contributed by atoms with van der Waals surface area (Å²) in [6, 6.07) is 17.5. The minimum absolute atomic E-state index is 0.0898. The van der Waals surface area contributed by atoms with Crippen molar-refractivity contribution in [2.75, 3.05) is 51.3 Å². The highest BCUT2D eigenvalue weighted by Gasteiger charge is 2.45. The highest BCUT2D eigenvalue weighted by atomic mass is 35.5. The first kappa shape index (κ1) is 30.3. The second-order valence-electron chi connectivity index (χ2n) is 10.3. The van der Waals surface area contributed by atoms with E-state index < -0.39 is 21.9 Å². The van der Waals surface area contributed by atoms with E-state index in [9.17, 15) is 13.2 Å². The van der Waals surface area contributed by atoms with Crippen molar-refractivity contribution in [3.8, 4) is 5.88 Å². The number of halogens is 2. The van der Waals surface area contributed by atoms with Gasteiger partial charge in [0.25, 0.3) is 0 Å². The predicted molar refractivity (Wildman–Crippen MR) is 165 cm³/mol. The molecule has 0 bridgehead atoms. The lowest BCUT2D eigenvalue weighted by atomic mass is 9.93. The number of benzene rings is 2. The third-order valence-corrected chi connectivity index (χ3v) is 8.84. The van der Waals surface area contributed by atoms with Crippen molar-refractivity contribution in [3.63, 3.8) is 0 Å². The number of hydrogen-bond donors (Lipinski definition) is 0. The van der Waals surface area contributed by atoms with E-state index in [0.29, 0.717) is 66.7 Å². The van der Waals surface area contributed by atoms with Gasteiger partial charge < -0.3 is 9.64 Å². The second kappa shape index (κ2) is 13.0. The van der Waals surface area contributed by atoms with Crippen LogP contribution in [0.2, 0.25) is 10.0 Å². The van der Waals surface area contributed by atoms with Crippen molar-refractivity contribution < 1.29 is 17.9 Å². The summed E-state index contributed by atoms with van der Waals surface area (Å²) in [5.41, 5.74) is 2.40. The molecule has 2 atom stereocenters. The van der Waals surface area contributed by atoms with Crippen LogP contribution in [0, 0.1) is 0 Å². The number of ether oxygens (including phenoxy) is 1. The molecule has 0 N–H and O–H groups in total. The first-order valence-electron chi connectivity index (χ1n) is 13.8. The number of hydrogen-bond acceptors (Lipinski definition) is 7. The zero-order chi connectivity index (χ0) is 29.9. The van der Waals surface area contributed by atoms with Gasteiger partial charge in [-0.2, -0.15) is 0 Å². The molecule has 2 aliphatic heterocycles. The van der Waals surface area contributed by atoms with Crippen molar-refractivity contribution in [3.05, 3.63) is 93.6 Å². The molecule has 0 spiro atoms. The highest BCUT2D eigenvalue weighted by molar-refractivity contribution is 7.90. The van der Waals surface area contributed by atoms with Gasteiger partial charge in [0.05, 0.1) is 24.0 Å². The van der Waals surface area contributed by atoms with Crippen LogP contribution in [0.3, 0.4) is 0 Å². The van der Waals surface area contributed by atoms with Crippen molar-refractivity contribution >= 4 is 44.9 Å². The quantitative estimate of drug-likeness (QED) is 0.343. The lowest BCUT2D eigenvalue weighted by molar-refractivity contribution is 0.122. The summed E-state index contributed by atoms with van der Waals surface area (Å²) in [6.07, 6.45) is 2.89. The standard InChI is InChI=1S/C30H33Cl2N5O4S/c1-3-41-29-25(5-4-14-33-29)28-34-26(21-6-10-23(31)11-7-21)27(22-8-12-24(32)13-9-22)37(28)30(38)36-17-15-35(16-18-36)19-20-42(2,39)40/h4-14,26-27H,3,15-20H2,1-2H3. The molecule has 0 saturated carbocycles. The number of pyridine rings is 1. The van der Waals surface area contributed by atoms with E-state index in [0.717, 1.165) is 11.1 Å². The van der Waals surface area contributed by atoms with Gasteiger partial charge in [-0.15, -0.1) is 0 Å². The second-order valence-corrected chi connectivity index (χ2v) is 13.5. The van der Waals surface area contributed by atoms with Gasteiger partial charge in [0.1, 0.15) is 21.7 Å². The number of carbonyl (C=O) groups is 1. The number of amides is 2. The molecular weight excluding hydrogens is 597 g/mol. The Morgan fingerprint density at radius 1 is 0.952 bits per heavy atom. The Morgan fingerprint density at radius 3 is 2.17 bits per heavy atom. The molecule has 9 nitrogen and oxygen atoms in total. The molecule has 1 aromatic heterocycles. The fraction of sp³-hybridized carbons (Fsp3) is 0.367. The molecular formula is C30H33Cl2N5O4S. The van der Waals surface area contributed by atoms with E-state index in [1.807, 2.05) is 61.5 Å². The number of sulfone groups is 1. The van der Waals surface area contributed by atoms with Crippen LogP contribution in [0.5, 0.6) is 5.88 Å². The zero-order valence-corrected chi connectivity index (χ0v) is 25.8. The van der Waals surface area contributed by atoms with Crippen LogP contribution in [-0.4, -0.2) is 91.3 Å². The monoisotopic (exact) mass is 629 g/mol. The maximum Gasteiger partial charge on any atom is 0.326 e. The van der Waals surface area contributed by atoms with Crippen LogP contribution in [0.15, 0.2) is 71.9 Å². The van der Waals surface area contributed by atoms with Crippen LogP contribution >= 0.6 is 23.2 Å². The predicted octanol–water partition coefficient (Wildman–Crippen LogP) is 5.11. The fourth-order valence-electron chi connectivity index (χ4n) is 5.28. The molecule has 2 unspecified atom stereocenters.